The van der Waals surface area contributed by atoms with Crippen LogP contribution in [0.15, 0.2) is 0 Å². The first-order chi connectivity index (χ1) is 8.71. The van der Waals surface area contributed by atoms with E-state index in [0.717, 1.165) is 24.7 Å². The summed E-state index contributed by atoms with van der Waals surface area (Å²) < 4.78 is 5.58. The molecule has 2 aliphatic rings. The lowest BCUT2D eigenvalue weighted by Gasteiger charge is -2.42. The van der Waals surface area contributed by atoms with Gasteiger partial charge in [0.05, 0.1) is 12.0 Å². The van der Waals surface area contributed by atoms with Crippen molar-refractivity contribution in [2.45, 2.75) is 63.0 Å². The Morgan fingerprint density at radius 2 is 2.00 bits per heavy atom. The van der Waals surface area contributed by atoms with Gasteiger partial charge >= 0.3 is 0 Å². The number of carbonyl (C=O) groups is 1. The Morgan fingerprint density at radius 1 is 1.33 bits per heavy atom. The van der Waals surface area contributed by atoms with Gasteiger partial charge in [0, 0.05) is 25.0 Å². The summed E-state index contributed by atoms with van der Waals surface area (Å²) in [6.07, 6.45) is 8.76. The normalized spacial score (nSPS) is 22.8. The number of methoxy groups -OCH3 is 1. The average molecular weight is 318 g/mol. The Morgan fingerprint density at radius 3 is 2.44 bits per heavy atom. The van der Waals surface area contributed by atoms with Gasteiger partial charge in [-0.25, -0.2) is 0 Å². The van der Waals surface area contributed by atoms with Crippen molar-refractivity contribution in [3.63, 3.8) is 0 Å². The summed E-state index contributed by atoms with van der Waals surface area (Å²) in [5, 5.41) is 0.870. The zero-order valence-corrected chi connectivity index (χ0v) is 12.9. The van der Waals surface area contributed by atoms with Crippen molar-refractivity contribution < 1.29 is 9.53 Å². The van der Waals surface area contributed by atoms with Crippen molar-refractivity contribution in [3.05, 3.63) is 0 Å². The van der Waals surface area contributed by atoms with Crippen molar-refractivity contribution in [2.75, 3.05) is 19.0 Å². The molecule has 18 heavy (non-hydrogen) atoms. The molecule has 0 aromatic carbocycles. The molecule has 2 saturated carbocycles. The summed E-state index contributed by atoms with van der Waals surface area (Å²) in [6, 6.07) is 0.476. The first kappa shape index (κ1) is 14.3. The van der Waals surface area contributed by atoms with Gasteiger partial charge in [-0.3, -0.25) is 4.79 Å². The summed E-state index contributed by atoms with van der Waals surface area (Å²) in [4.78, 5) is 14.6. The SMILES string of the molecule is COC1(CC(=O)N(CCBr)C2CCCC2)CCC1. The molecule has 0 radical (unpaired) electrons. The molecule has 0 bridgehead atoms. The van der Waals surface area contributed by atoms with Gasteiger partial charge in [0.2, 0.25) is 5.91 Å². The van der Waals surface area contributed by atoms with Crippen LogP contribution in [0.4, 0.5) is 0 Å². The lowest BCUT2D eigenvalue weighted by atomic mass is 9.77. The van der Waals surface area contributed by atoms with Gasteiger partial charge in [0.15, 0.2) is 0 Å². The molecule has 2 aliphatic carbocycles. The van der Waals surface area contributed by atoms with Crippen LogP contribution in [0.3, 0.4) is 0 Å². The number of hydrogen-bond donors (Lipinski definition) is 0. The number of hydrogen-bond acceptors (Lipinski definition) is 2. The van der Waals surface area contributed by atoms with Crippen molar-refractivity contribution in [1.82, 2.24) is 4.90 Å². The van der Waals surface area contributed by atoms with Gasteiger partial charge in [0.25, 0.3) is 0 Å². The van der Waals surface area contributed by atoms with Crippen LogP contribution in [0, 0.1) is 0 Å². The highest BCUT2D eigenvalue weighted by Crippen LogP contribution is 2.39. The van der Waals surface area contributed by atoms with E-state index in [4.69, 9.17) is 4.74 Å². The van der Waals surface area contributed by atoms with Crippen molar-refractivity contribution in [2.24, 2.45) is 0 Å². The molecule has 0 atom stereocenters. The summed E-state index contributed by atoms with van der Waals surface area (Å²) in [5.41, 5.74) is -0.139. The van der Waals surface area contributed by atoms with Gasteiger partial charge < -0.3 is 9.64 Å². The van der Waals surface area contributed by atoms with Crippen molar-refractivity contribution in [3.8, 4) is 0 Å². The molecular weight excluding hydrogens is 294 g/mol. The molecular formula is C14H24BrNO2. The zero-order chi connectivity index (χ0) is 13.0. The summed E-state index contributed by atoms with van der Waals surface area (Å²) in [5.74, 6) is 0.294. The lowest BCUT2D eigenvalue weighted by Crippen LogP contribution is -2.48. The molecule has 0 saturated heterocycles. The second-order valence-corrected chi connectivity index (χ2v) is 6.42. The second-order valence-electron chi connectivity index (χ2n) is 5.63. The molecule has 0 aromatic rings. The third kappa shape index (κ3) is 3.08. The Hall–Kier alpha value is -0.0900. The summed E-state index contributed by atoms with van der Waals surface area (Å²) >= 11 is 3.47. The van der Waals surface area contributed by atoms with Crippen LogP contribution in [-0.2, 0) is 9.53 Å². The Kier molecular flexibility index (Phi) is 5.07. The number of carbonyl (C=O) groups excluding carboxylic acids is 1. The molecule has 3 nitrogen and oxygen atoms in total. The maximum atomic E-state index is 12.5. The minimum Gasteiger partial charge on any atom is -0.378 e. The minimum absolute atomic E-state index is 0.139. The largest absolute Gasteiger partial charge is 0.378 e. The molecule has 2 rings (SSSR count). The van der Waals surface area contributed by atoms with Crippen LogP contribution in [0.1, 0.15) is 51.4 Å². The Bertz CT molecular complexity index is 280. The smallest absolute Gasteiger partial charge is 0.225 e. The van der Waals surface area contributed by atoms with E-state index >= 15 is 0 Å². The van der Waals surface area contributed by atoms with Crippen LogP contribution in [0.2, 0.25) is 0 Å². The maximum Gasteiger partial charge on any atom is 0.225 e. The number of nitrogens with zero attached hydrogens (tertiary/aromatic N) is 1. The number of ether oxygens (including phenoxy) is 1. The van der Waals surface area contributed by atoms with E-state index in [0.29, 0.717) is 18.4 Å². The van der Waals surface area contributed by atoms with Crippen LogP contribution >= 0.6 is 15.9 Å². The molecule has 1 amide bonds. The van der Waals surface area contributed by atoms with E-state index in [1.165, 1.54) is 32.1 Å². The lowest BCUT2D eigenvalue weighted by molar-refractivity contribution is -0.145. The molecule has 0 spiro atoms. The fourth-order valence-corrected chi connectivity index (χ4v) is 3.60. The molecule has 2 fully saturated rings. The monoisotopic (exact) mass is 317 g/mol. The number of halogens is 1. The number of amides is 1. The molecule has 4 heteroatoms. The predicted molar refractivity (Wildman–Crippen MR) is 76.0 cm³/mol. The van der Waals surface area contributed by atoms with Crippen LogP contribution < -0.4 is 0 Å². The van der Waals surface area contributed by atoms with E-state index in [-0.39, 0.29) is 5.60 Å². The van der Waals surface area contributed by atoms with E-state index in [2.05, 4.69) is 20.8 Å². The number of rotatable bonds is 6. The van der Waals surface area contributed by atoms with Gasteiger partial charge in [-0.15, -0.1) is 0 Å². The molecule has 0 unspecified atom stereocenters. The topological polar surface area (TPSA) is 29.5 Å². The Balaban J connectivity index is 1.94. The first-order valence-electron chi connectivity index (χ1n) is 7.11. The van der Waals surface area contributed by atoms with E-state index < -0.39 is 0 Å². The highest BCUT2D eigenvalue weighted by molar-refractivity contribution is 9.09. The quantitative estimate of drug-likeness (QED) is 0.704. The van der Waals surface area contributed by atoms with Crippen LogP contribution in [-0.4, -0.2) is 41.4 Å². The van der Waals surface area contributed by atoms with E-state index in [9.17, 15) is 4.79 Å². The van der Waals surface area contributed by atoms with Gasteiger partial charge in [0.1, 0.15) is 0 Å². The Labute approximate surface area is 118 Å². The standard InChI is InChI=1S/C14H24BrNO2/c1-18-14(7-4-8-14)11-13(17)16(10-9-15)12-5-2-3-6-12/h12H,2-11H2,1H3. The third-order valence-corrected chi connectivity index (χ3v) is 4.94. The fourth-order valence-electron chi connectivity index (χ4n) is 3.22. The molecule has 0 aromatic heterocycles. The predicted octanol–water partition coefficient (Wildman–Crippen LogP) is 3.11. The maximum absolute atomic E-state index is 12.5. The van der Waals surface area contributed by atoms with Crippen LogP contribution in [0.25, 0.3) is 0 Å². The van der Waals surface area contributed by atoms with Gasteiger partial charge in [-0.2, -0.15) is 0 Å². The molecule has 104 valence electrons. The average Bonchev–Trinajstić information content (AvgIpc) is 2.84. The van der Waals surface area contributed by atoms with Gasteiger partial charge in [-0.05, 0) is 32.1 Å². The van der Waals surface area contributed by atoms with E-state index in [1.807, 2.05) is 0 Å². The first-order valence-corrected chi connectivity index (χ1v) is 8.23. The minimum atomic E-state index is -0.139. The van der Waals surface area contributed by atoms with E-state index in [1.54, 1.807) is 7.11 Å². The summed E-state index contributed by atoms with van der Waals surface area (Å²) in [6.45, 7) is 0.837. The molecule has 0 N–H and O–H groups in total. The zero-order valence-electron chi connectivity index (χ0n) is 11.3. The molecule has 0 aliphatic heterocycles. The van der Waals surface area contributed by atoms with Crippen molar-refractivity contribution in [1.29, 1.82) is 0 Å². The van der Waals surface area contributed by atoms with Gasteiger partial charge in [-0.1, -0.05) is 28.8 Å². The van der Waals surface area contributed by atoms with Crippen LogP contribution in [0.5, 0.6) is 0 Å². The molecule has 0 heterocycles. The second kappa shape index (κ2) is 6.38. The highest BCUT2D eigenvalue weighted by Gasteiger charge is 2.41. The highest BCUT2D eigenvalue weighted by atomic mass is 79.9. The van der Waals surface area contributed by atoms with Crippen molar-refractivity contribution >= 4 is 21.8 Å². The third-order valence-electron chi connectivity index (χ3n) is 4.58. The summed E-state index contributed by atoms with van der Waals surface area (Å²) in [7, 11) is 1.75. The fraction of sp³-hybridized carbons (Fsp3) is 0.929. The number of alkyl halides is 1.